The van der Waals surface area contributed by atoms with Crippen molar-refractivity contribution in [3.05, 3.63) is 63.6 Å². The maximum absolute atomic E-state index is 12.2. The molecule has 3 heteroatoms. The van der Waals surface area contributed by atoms with E-state index < -0.39 is 0 Å². The van der Waals surface area contributed by atoms with E-state index in [0.717, 1.165) is 28.6 Å². The van der Waals surface area contributed by atoms with Gasteiger partial charge in [-0.25, -0.2) is 0 Å². The highest BCUT2D eigenvalue weighted by molar-refractivity contribution is 9.10. The molecule has 0 aliphatic heterocycles. The van der Waals surface area contributed by atoms with Crippen LogP contribution in [-0.4, -0.2) is 5.91 Å². The third-order valence-corrected chi connectivity index (χ3v) is 4.17. The first-order valence-electron chi connectivity index (χ1n) is 6.42. The van der Waals surface area contributed by atoms with Crippen molar-refractivity contribution >= 4 is 27.5 Å². The summed E-state index contributed by atoms with van der Waals surface area (Å²) in [5.41, 5.74) is 4.24. The minimum Gasteiger partial charge on any atom is -0.321 e. The highest BCUT2D eigenvalue weighted by atomic mass is 79.9. The number of benzene rings is 2. The van der Waals surface area contributed by atoms with Gasteiger partial charge in [-0.2, -0.15) is 0 Å². The van der Waals surface area contributed by atoms with Crippen LogP contribution in [0.1, 0.15) is 27.9 Å². The Hall–Kier alpha value is -1.61. The Balaban J connectivity index is 1.83. The Morgan fingerprint density at radius 2 is 1.84 bits per heavy atom. The number of rotatable bonds is 2. The second-order valence-corrected chi connectivity index (χ2v) is 5.63. The van der Waals surface area contributed by atoms with E-state index in [0.29, 0.717) is 0 Å². The number of aryl methyl sites for hydroxylation is 2. The van der Waals surface area contributed by atoms with Crippen LogP contribution in [0.15, 0.2) is 46.9 Å². The second-order valence-electron chi connectivity index (χ2n) is 4.77. The number of carbonyl (C=O) groups is 1. The summed E-state index contributed by atoms with van der Waals surface area (Å²) in [6.07, 6.45) is 3.43. The van der Waals surface area contributed by atoms with Gasteiger partial charge in [-0.05, 0) is 70.6 Å². The van der Waals surface area contributed by atoms with Gasteiger partial charge in [-0.3, -0.25) is 4.79 Å². The molecule has 3 rings (SSSR count). The summed E-state index contributed by atoms with van der Waals surface area (Å²) in [5.74, 6) is -0.0541. The summed E-state index contributed by atoms with van der Waals surface area (Å²) >= 11 is 3.43. The largest absolute Gasteiger partial charge is 0.321 e. The average molecular weight is 316 g/mol. The van der Waals surface area contributed by atoms with Gasteiger partial charge in [-0.1, -0.05) is 18.2 Å². The minimum atomic E-state index is -0.0541. The molecule has 1 aliphatic rings. The number of nitrogens with one attached hydrogen (secondary N) is 1. The predicted octanol–water partition coefficient (Wildman–Crippen LogP) is 4.19. The number of hydrogen-bond donors (Lipinski definition) is 1. The van der Waals surface area contributed by atoms with E-state index in [-0.39, 0.29) is 5.91 Å². The lowest BCUT2D eigenvalue weighted by molar-refractivity contribution is 0.102. The summed E-state index contributed by atoms with van der Waals surface area (Å²) in [7, 11) is 0. The molecule has 1 aliphatic carbocycles. The Bertz CT molecular complexity index is 636. The molecule has 1 amide bonds. The summed E-state index contributed by atoms with van der Waals surface area (Å²) in [6, 6.07) is 13.6. The maximum atomic E-state index is 12.2. The Morgan fingerprint density at radius 1 is 1.05 bits per heavy atom. The lowest BCUT2D eigenvalue weighted by Gasteiger charge is -2.08. The number of fused-ring (bicyclic) bond motifs is 1. The number of hydrogen-bond acceptors (Lipinski definition) is 1. The molecule has 2 aromatic rings. The van der Waals surface area contributed by atoms with Gasteiger partial charge in [0, 0.05) is 10.0 Å². The topological polar surface area (TPSA) is 29.1 Å². The maximum Gasteiger partial charge on any atom is 0.255 e. The van der Waals surface area contributed by atoms with Gasteiger partial charge in [0.2, 0.25) is 0 Å². The van der Waals surface area contributed by atoms with Gasteiger partial charge in [0.05, 0.1) is 5.69 Å². The van der Waals surface area contributed by atoms with Crippen LogP contribution in [0.25, 0.3) is 0 Å². The van der Waals surface area contributed by atoms with E-state index in [2.05, 4.69) is 27.3 Å². The van der Waals surface area contributed by atoms with Crippen LogP contribution in [0.2, 0.25) is 0 Å². The summed E-state index contributed by atoms with van der Waals surface area (Å²) in [6.45, 7) is 0. The zero-order valence-corrected chi connectivity index (χ0v) is 12.0. The molecule has 0 saturated carbocycles. The van der Waals surface area contributed by atoms with Crippen molar-refractivity contribution in [2.75, 3.05) is 5.32 Å². The molecule has 0 unspecified atom stereocenters. The molecule has 0 bridgehead atoms. The van der Waals surface area contributed by atoms with Crippen LogP contribution in [0, 0.1) is 0 Å². The van der Waals surface area contributed by atoms with Crippen molar-refractivity contribution in [1.82, 2.24) is 0 Å². The van der Waals surface area contributed by atoms with Gasteiger partial charge in [0.15, 0.2) is 0 Å². The summed E-state index contributed by atoms with van der Waals surface area (Å²) in [4.78, 5) is 12.2. The van der Waals surface area contributed by atoms with E-state index >= 15 is 0 Å². The Labute approximate surface area is 121 Å². The van der Waals surface area contributed by atoms with Gasteiger partial charge in [-0.15, -0.1) is 0 Å². The molecule has 2 aromatic carbocycles. The molecular weight excluding hydrogens is 302 g/mol. The standard InChI is InChI=1S/C16H14BrNO/c17-14-6-1-2-7-15(14)18-16(19)13-9-8-11-4-3-5-12(11)10-13/h1-2,6-10H,3-5H2,(H,18,19). The predicted molar refractivity (Wildman–Crippen MR) is 80.6 cm³/mol. The normalized spacial score (nSPS) is 13.1. The number of amides is 1. The zero-order chi connectivity index (χ0) is 13.2. The van der Waals surface area contributed by atoms with E-state index in [1.54, 1.807) is 0 Å². The lowest BCUT2D eigenvalue weighted by Crippen LogP contribution is -2.12. The number of anilines is 1. The van der Waals surface area contributed by atoms with Crippen molar-refractivity contribution < 1.29 is 4.79 Å². The molecule has 0 fully saturated rings. The van der Waals surface area contributed by atoms with Crippen molar-refractivity contribution in [3.8, 4) is 0 Å². The van der Waals surface area contributed by atoms with Crippen molar-refractivity contribution in [2.24, 2.45) is 0 Å². The fraction of sp³-hybridized carbons (Fsp3) is 0.188. The van der Waals surface area contributed by atoms with Crippen molar-refractivity contribution in [1.29, 1.82) is 0 Å². The van der Waals surface area contributed by atoms with Gasteiger partial charge in [0.1, 0.15) is 0 Å². The van der Waals surface area contributed by atoms with Gasteiger partial charge in [0.25, 0.3) is 5.91 Å². The molecule has 2 nitrogen and oxygen atoms in total. The van der Waals surface area contributed by atoms with Crippen LogP contribution >= 0.6 is 15.9 Å². The summed E-state index contributed by atoms with van der Waals surface area (Å²) < 4.78 is 0.893. The van der Waals surface area contributed by atoms with Gasteiger partial charge >= 0.3 is 0 Å². The summed E-state index contributed by atoms with van der Waals surface area (Å²) in [5, 5.41) is 2.93. The third-order valence-electron chi connectivity index (χ3n) is 3.48. The second kappa shape index (κ2) is 5.17. The minimum absolute atomic E-state index is 0.0541. The SMILES string of the molecule is O=C(Nc1ccccc1Br)c1ccc2c(c1)CCC2. The van der Waals surface area contributed by atoms with E-state index in [1.165, 1.54) is 17.5 Å². The van der Waals surface area contributed by atoms with Crippen LogP contribution in [0.4, 0.5) is 5.69 Å². The van der Waals surface area contributed by atoms with Gasteiger partial charge < -0.3 is 5.32 Å². The fourth-order valence-electron chi connectivity index (χ4n) is 2.47. The van der Waals surface area contributed by atoms with Crippen LogP contribution in [-0.2, 0) is 12.8 Å². The fourth-order valence-corrected chi connectivity index (χ4v) is 2.85. The smallest absolute Gasteiger partial charge is 0.255 e. The molecule has 96 valence electrons. The van der Waals surface area contributed by atoms with Crippen molar-refractivity contribution in [2.45, 2.75) is 19.3 Å². The Morgan fingerprint density at radius 3 is 2.68 bits per heavy atom. The first kappa shape index (κ1) is 12.4. The van der Waals surface area contributed by atoms with Crippen LogP contribution < -0.4 is 5.32 Å². The first-order chi connectivity index (χ1) is 9.24. The average Bonchev–Trinajstić information content (AvgIpc) is 2.88. The number of halogens is 1. The first-order valence-corrected chi connectivity index (χ1v) is 7.21. The lowest BCUT2D eigenvalue weighted by atomic mass is 10.1. The molecule has 0 atom stereocenters. The number of para-hydroxylation sites is 1. The van der Waals surface area contributed by atoms with Crippen LogP contribution in [0.3, 0.4) is 0 Å². The molecule has 0 heterocycles. The quantitative estimate of drug-likeness (QED) is 0.884. The van der Waals surface area contributed by atoms with E-state index in [4.69, 9.17) is 0 Å². The van der Waals surface area contributed by atoms with Crippen molar-refractivity contribution in [3.63, 3.8) is 0 Å². The molecule has 19 heavy (non-hydrogen) atoms. The third kappa shape index (κ3) is 2.56. The molecule has 1 N–H and O–H groups in total. The Kier molecular flexibility index (Phi) is 3.38. The highest BCUT2D eigenvalue weighted by Crippen LogP contribution is 2.25. The molecule has 0 radical (unpaired) electrons. The molecule has 0 aromatic heterocycles. The highest BCUT2D eigenvalue weighted by Gasteiger charge is 2.14. The zero-order valence-electron chi connectivity index (χ0n) is 10.4. The monoisotopic (exact) mass is 315 g/mol. The van der Waals surface area contributed by atoms with Crippen LogP contribution in [0.5, 0.6) is 0 Å². The molecule has 0 saturated heterocycles. The number of carbonyl (C=O) groups excluding carboxylic acids is 1. The molecular formula is C16H14BrNO. The van der Waals surface area contributed by atoms with E-state index in [9.17, 15) is 4.79 Å². The molecule has 0 spiro atoms. The van der Waals surface area contributed by atoms with E-state index in [1.807, 2.05) is 36.4 Å².